The van der Waals surface area contributed by atoms with Crippen LogP contribution in [-0.4, -0.2) is 34.2 Å². The lowest BCUT2D eigenvalue weighted by molar-refractivity contribution is 0.0328. The summed E-state index contributed by atoms with van der Waals surface area (Å²) >= 11 is 6.33. The quantitative estimate of drug-likeness (QED) is 0.407. The minimum atomic E-state index is -1.14. The minimum Gasteiger partial charge on any atom is -0.382 e. The molecule has 1 saturated carbocycles. The smallest absolute Gasteiger partial charge is 0.279 e. The maximum Gasteiger partial charge on any atom is 0.279 e. The van der Waals surface area contributed by atoms with Crippen LogP contribution in [0.15, 0.2) is 52.2 Å². The zero-order valence-electron chi connectivity index (χ0n) is 18.3. The number of hydrogen-bond acceptors (Lipinski definition) is 8. The van der Waals surface area contributed by atoms with Gasteiger partial charge in [-0.15, -0.1) is 0 Å². The molecule has 4 heterocycles. The molecule has 0 amide bonds. The van der Waals surface area contributed by atoms with E-state index in [0.717, 1.165) is 12.8 Å². The third-order valence-electron chi connectivity index (χ3n) is 6.48. The molecule has 10 nitrogen and oxygen atoms in total. The largest absolute Gasteiger partial charge is 0.382 e. The van der Waals surface area contributed by atoms with Gasteiger partial charge in [-0.25, -0.2) is 4.98 Å². The molecule has 1 aromatic carbocycles. The van der Waals surface area contributed by atoms with Gasteiger partial charge in [0.25, 0.3) is 11.4 Å². The summed E-state index contributed by atoms with van der Waals surface area (Å²) in [7, 11) is 0. The average molecular weight is 488 g/mol. The zero-order valence-corrected chi connectivity index (χ0v) is 19.1. The average Bonchev–Trinajstić information content (AvgIpc) is 3.62. The van der Waals surface area contributed by atoms with Gasteiger partial charge in [0.15, 0.2) is 5.69 Å². The molecule has 0 radical (unpaired) electrons. The van der Waals surface area contributed by atoms with E-state index in [1.807, 2.05) is 6.07 Å². The standard InChI is InChI=1S/C24H18ClN7O3/c25-16-6-7-17-19(15(16)11-26)31(12-14-5-1-4-10-27-14)22(33)20-18(28-13-32(17)20)21-29-23(30-35-21)24(34)8-2-3-9-24/h1,4-7,10,13,34H,2-3,8-9,12H2. The van der Waals surface area contributed by atoms with Crippen LogP contribution >= 0.6 is 11.6 Å². The van der Waals surface area contributed by atoms with Crippen LogP contribution in [0.25, 0.3) is 28.1 Å². The van der Waals surface area contributed by atoms with Crippen molar-refractivity contribution in [3.05, 3.63) is 75.3 Å². The van der Waals surface area contributed by atoms with Crippen LogP contribution in [0.2, 0.25) is 5.02 Å². The fourth-order valence-corrected chi connectivity index (χ4v) is 4.94. The Bertz CT molecular complexity index is 1690. The third-order valence-corrected chi connectivity index (χ3v) is 6.80. The SMILES string of the molecule is N#Cc1c(Cl)ccc2c1n(Cc1ccccn1)c(=O)c1c(-c3nc(C4(O)CCCC4)no3)ncn12. The van der Waals surface area contributed by atoms with E-state index in [1.54, 1.807) is 34.9 Å². The fraction of sp³-hybridized carbons (Fsp3) is 0.250. The number of rotatable bonds is 4. The molecule has 1 fully saturated rings. The molecule has 0 saturated heterocycles. The van der Waals surface area contributed by atoms with Gasteiger partial charge in [0, 0.05) is 6.20 Å². The highest BCUT2D eigenvalue weighted by Crippen LogP contribution is 2.38. The Morgan fingerprint density at radius 2 is 2.00 bits per heavy atom. The lowest BCUT2D eigenvalue weighted by Gasteiger charge is -2.16. The summed E-state index contributed by atoms with van der Waals surface area (Å²) in [6.07, 6.45) is 5.97. The number of hydrogen-bond donors (Lipinski definition) is 1. The van der Waals surface area contributed by atoms with Crippen molar-refractivity contribution >= 4 is 28.2 Å². The van der Waals surface area contributed by atoms with Crippen LogP contribution in [0.3, 0.4) is 0 Å². The molecule has 174 valence electrons. The highest BCUT2D eigenvalue weighted by Gasteiger charge is 2.38. The normalized spacial score (nSPS) is 15.1. The Kier molecular flexibility index (Phi) is 4.91. The number of halogens is 1. The van der Waals surface area contributed by atoms with E-state index in [-0.39, 0.29) is 40.1 Å². The van der Waals surface area contributed by atoms with Gasteiger partial charge in [-0.05, 0) is 49.9 Å². The van der Waals surface area contributed by atoms with Crippen LogP contribution in [0.4, 0.5) is 0 Å². The number of nitriles is 1. The van der Waals surface area contributed by atoms with Crippen molar-refractivity contribution in [2.24, 2.45) is 0 Å². The van der Waals surface area contributed by atoms with Crippen molar-refractivity contribution < 1.29 is 9.63 Å². The topological polar surface area (TPSA) is 135 Å². The first kappa shape index (κ1) is 21.5. The van der Waals surface area contributed by atoms with Crippen LogP contribution in [0.5, 0.6) is 0 Å². The summed E-state index contributed by atoms with van der Waals surface area (Å²) < 4.78 is 8.51. The van der Waals surface area contributed by atoms with Gasteiger partial charge in [0.1, 0.15) is 23.5 Å². The van der Waals surface area contributed by atoms with Gasteiger partial charge in [-0.2, -0.15) is 10.2 Å². The first-order chi connectivity index (χ1) is 17.0. The van der Waals surface area contributed by atoms with Crippen molar-refractivity contribution in [2.75, 3.05) is 0 Å². The molecule has 0 bridgehead atoms. The molecule has 0 aliphatic heterocycles. The lowest BCUT2D eigenvalue weighted by Crippen LogP contribution is -2.25. The minimum absolute atomic E-state index is 0.0399. The van der Waals surface area contributed by atoms with Crippen LogP contribution in [0.1, 0.15) is 42.8 Å². The van der Waals surface area contributed by atoms with Gasteiger partial charge in [-0.1, -0.05) is 22.8 Å². The molecule has 4 aromatic heterocycles. The number of benzene rings is 1. The molecule has 0 atom stereocenters. The van der Waals surface area contributed by atoms with E-state index in [4.69, 9.17) is 16.1 Å². The molecular formula is C24H18ClN7O3. The molecule has 1 aliphatic rings. The number of fused-ring (bicyclic) bond motifs is 3. The monoisotopic (exact) mass is 487 g/mol. The highest BCUT2D eigenvalue weighted by atomic mass is 35.5. The maximum atomic E-state index is 13.9. The molecule has 1 N–H and O–H groups in total. The number of nitrogens with zero attached hydrogens (tertiary/aromatic N) is 7. The first-order valence-corrected chi connectivity index (χ1v) is 11.5. The van der Waals surface area contributed by atoms with E-state index in [2.05, 4.69) is 26.2 Å². The van der Waals surface area contributed by atoms with Crippen molar-refractivity contribution in [3.63, 3.8) is 0 Å². The molecule has 5 aromatic rings. The van der Waals surface area contributed by atoms with E-state index in [9.17, 15) is 15.2 Å². The highest BCUT2D eigenvalue weighted by molar-refractivity contribution is 6.32. The molecular weight excluding hydrogens is 470 g/mol. The Labute approximate surface area is 203 Å². The van der Waals surface area contributed by atoms with Crippen molar-refractivity contribution in [2.45, 2.75) is 37.8 Å². The lowest BCUT2D eigenvalue weighted by atomic mass is 10.0. The van der Waals surface area contributed by atoms with E-state index >= 15 is 0 Å². The third kappa shape index (κ3) is 3.31. The second-order valence-electron chi connectivity index (χ2n) is 8.59. The molecule has 6 rings (SSSR count). The predicted octanol–water partition coefficient (Wildman–Crippen LogP) is 3.43. The summed E-state index contributed by atoms with van der Waals surface area (Å²) in [4.78, 5) is 27.0. The van der Waals surface area contributed by atoms with Gasteiger partial charge >= 0.3 is 0 Å². The summed E-state index contributed by atoms with van der Waals surface area (Å²) in [6, 6.07) is 10.9. The fourth-order valence-electron chi connectivity index (χ4n) is 4.75. The summed E-state index contributed by atoms with van der Waals surface area (Å²) in [5.41, 5.74) is 0.582. The van der Waals surface area contributed by atoms with Gasteiger partial charge < -0.3 is 9.63 Å². The van der Waals surface area contributed by atoms with Crippen molar-refractivity contribution in [3.8, 4) is 17.7 Å². The predicted molar refractivity (Wildman–Crippen MR) is 126 cm³/mol. The number of pyridine rings is 1. The second kappa shape index (κ2) is 8.01. The number of aromatic nitrogens is 6. The van der Waals surface area contributed by atoms with Crippen LogP contribution in [-0.2, 0) is 12.1 Å². The van der Waals surface area contributed by atoms with Crippen LogP contribution in [0, 0.1) is 11.3 Å². The Hall–Kier alpha value is -4.07. The summed E-state index contributed by atoms with van der Waals surface area (Å²) in [5, 5.41) is 24.9. The second-order valence-corrected chi connectivity index (χ2v) is 9.00. The number of imidazole rings is 1. The summed E-state index contributed by atoms with van der Waals surface area (Å²) in [6.45, 7) is 0.112. The molecule has 11 heteroatoms. The van der Waals surface area contributed by atoms with Gasteiger partial charge in [0.05, 0.1) is 33.9 Å². The molecule has 35 heavy (non-hydrogen) atoms. The Morgan fingerprint density at radius 3 is 2.74 bits per heavy atom. The molecule has 1 aliphatic carbocycles. The van der Waals surface area contributed by atoms with Gasteiger partial charge in [0.2, 0.25) is 5.82 Å². The van der Waals surface area contributed by atoms with E-state index in [0.29, 0.717) is 29.6 Å². The molecule has 0 unspecified atom stereocenters. The van der Waals surface area contributed by atoms with Gasteiger partial charge in [-0.3, -0.25) is 18.7 Å². The Morgan fingerprint density at radius 1 is 1.17 bits per heavy atom. The van der Waals surface area contributed by atoms with E-state index in [1.165, 1.54) is 10.9 Å². The molecule has 0 spiro atoms. The van der Waals surface area contributed by atoms with Crippen molar-refractivity contribution in [1.29, 1.82) is 5.26 Å². The summed E-state index contributed by atoms with van der Waals surface area (Å²) in [5.74, 6) is 0.234. The number of aliphatic hydroxyl groups is 1. The first-order valence-electron chi connectivity index (χ1n) is 11.1. The van der Waals surface area contributed by atoms with Crippen molar-refractivity contribution in [1.82, 2.24) is 29.1 Å². The van der Waals surface area contributed by atoms with Crippen LogP contribution < -0.4 is 5.56 Å². The maximum absolute atomic E-state index is 13.9. The zero-order chi connectivity index (χ0) is 24.2. The van der Waals surface area contributed by atoms with E-state index < -0.39 is 11.2 Å². The Balaban J connectivity index is 1.62.